The highest BCUT2D eigenvalue weighted by atomic mass is 16.5. The van der Waals surface area contributed by atoms with Crippen LogP contribution in [-0.4, -0.2) is 33.5 Å². The maximum absolute atomic E-state index is 5.13. The second-order valence-corrected chi connectivity index (χ2v) is 5.60. The Morgan fingerprint density at radius 1 is 1.12 bits per heavy atom. The minimum atomic E-state index is 0.335. The van der Waals surface area contributed by atoms with E-state index >= 15 is 0 Å². The Hall–Kier alpha value is -3.48. The first-order valence-electron chi connectivity index (χ1n) is 7.79. The third kappa shape index (κ3) is 2.87. The number of para-hydroxylation sites is 1. The second kappa shape index (κ2) is 6.20. The number of nitrogens with zero attached hydrogens (tertiary/aromatic N) is 4. The largest absolute Gasteiger partial charge is 0.497 e. The zero-order chi connectivity index (χ0) is 17.2. The van der Waals surface area contributed by atoms with Crippen molar-refractivity contribution in [1.82, 2.24) is 20.2 Å². The van der Waals surface area contributed by atoms with Gasteiger partial charge in [-0.1, -0.05) is 18.2 Å². The lowest BCUT2D eigenvalue weighted by Crippen LogP contribution is -1.99. The molecule has 2 aromatic carbocycles. The van der Waals surface area contributed by atoms with Gasteiger partial charge in [-0.05, 0) is 42.3 Å². The van der Waals surface area contributed by atoms with Gasteiger partial charge in [0.15, 0.2) is 5.65 Å². The van der Waals surface area contributed by atoms with E-state index in [0.717, 1.165) is 33.3 Å². The van der Waals surface area contributed by atoms with E-state index in [2.05, 4.69) is 30.7 Å². The molecular formula is C18H16N6O. The predicted octanol–water partition coefficient (Wildman–Crippen LogP) is 3.27. The van der Waals surface area contributed by atoms with Crippen LogP contribution >= 0.6 is 0 Å². The summed E-state index contributed by atoms with van der Waals surface area (Å²) in [4.78, 5) is 7.73. The number of H-pyrrole nitrogens is 1. The van der Waals surface area contributed by atoms with Crippen molar-refractivity contribution in [2.24, 2.45) is 5.10 Å². The number of hydrazone groups is 1. The summed E-state index contributed by atoms with van der Waals surface area (Å²) in [5.41, 5.74) is 7.34. The van der Waals surface area contributed by atoms with Crippen molar-refractivity contribution < 1.29 is 4.74 Å². The third-order valence-electron chi connectivity index (χ3n) is 3.95. The summed E-state index contributed by atoms with van der Waals surface area (Å²) in [5, 5.41) is 13.5. The Balaban J connectivity index is 1.58. The molecule has 0 bridgehead atoms. The van der Waals surface area contributed by atoms with Crippen LogP contribution in [0.5, 0.6) is 5.75 Å². The monoisotopic (exact) mass is 332 g/mol. The van der Waals surface area contributed by atoms with Gasteiger partial charge in [-0.3, -0.25) is 0 Å². The lowest BCUT2D eigenvalue weighted by Gasteiger charge is -1.99. The highest BCUT2D eigenvalue weighted by Crippen LogP contribution is 2.24. The highest BCUT2D eigenvalue weighted by Gasteiger charge is 2.09. The van der Waals surface area contributed by atoms with E-state index in [4.69, 9.17) is 4.74 Å². The zero-order valence-corrected chi connectivity index (χ0v) is 13.8. The first-order chi connectivity index (χ1) is 12.2. The summed E-state index contributed by atoms with van der Waals surface area (Å²) in [5.74, 6) is 1.14. The molecule has 124 valence electrons. The Bertz CT molecular complexity index is 1070. The van der Waals surface area contributed by atoms with Crippen LogP contribution in [0, 0.1) is 6.92 Å². The van der Waals surface area contributed by atoms with Crippen LogP contribution in [0.1, 0.15) is 11.1 Å². The number of benzene rings is 2. The van der Waals surface area contributed by atoms with E-state index in [9.17, 15) is 0 Å². The molecular weight excluding hydrogens is 316 g/mol. The van der Waals surface area contributed by atoms with Gasteiger partial charge in [0.1, 0.15) is 11.3 Å². The van der Waals surface area contributed by atoms with Crippen molar-refractivity contribution >= 4 is 34.2 Å². The van der Waals surface area contributed by atoms with Crippen LogP contribution in [0.25, 0.3) is 22.1 Å². The normalized spacial score (nSPS) is 11.4. The summed E-state index contributed by atoms with van der Waals surface area (Å²) in [6.07, 6.45) is 1.68. The van der Waals surface area contributed by atoms with Crippen molar-refractivity contribution in [3.05, 3.63) is 53.6 Å². The Labute approximate surface area is 143 Å². The zero-order valence-electron chi connectivity index (χ0n) is 13.8. The number of aromatic nitrogens is 4. The second-order valence-electron chi connectivity index (χ2n) is 5.60. The lowest BCUT2D eigenvalue weighted by atomic mass is 10.1. The van der Waals surface area contributed by atoms with Crippen LogP contribution < -0.4 is 10.2 Å². The van der Waals surface area contributed by atoms with Gasteiger partial charge >= 0.3 is 0 Å². The molecule has 7 nitrogen and oxygen atoms in total. The van der Waals surface area contributed by atoms with E-state index in [1.165, 1.54) is 0 Å². The van der Waals surface area contributed by atoms with Crippen LogP contribution in [0.15, 0.2) is 47.6 Å². The van der Waals surface area contributed by atoms with Crippen LogP contribution in [0.2, 0.25) is 0 Å². The van der Waals surface area contributed by atoms with E-state index in [-0.39, 0.29) is 0 Å². The molecule has 0 aliphatic heterocycles. The molecule has 7 heteroatoms. The fourth-order valence-electron chi connectivity index (χ4n) is 2.65. The Morgan fingerprint density at radius 3 is 2.76 bits per heavy atom. The van der Waals surface area contributed by atoms with Gasteiger partial charge in [0.2, 0.25) is 0 Å². The minimum absolute atomic E-state index is 0.335. The van der Waals surface area contributed by atoms with E-state index in [1.54, 1.807) is 13.3 Å². The maximum atomic E-state index is 5.13. The molecule has 0 unspecified atom stereocenters. The number of hydrogen-bond donors (Lipinski definition) is 2. The molecule has 0 amide bonds. The van der Waals surface area contributed by atoms with Crippen LogP contribution in [0.3, 0.4) is 0 Å². The number of nitrogens with one attached hydrogen (secondary N) is 2. The average Bonchev–Trinajstić information content (AvgIpc) is 3.02. The standard InChI is InChI=1S/C18H16N6O/c1-11-4-3-5-14-15(11)20-17-16(14)22-24-18(21-17)23-19-10-12-6-8-13(25-2)9-7-12/h3-10H,1-2H3,(H2,20,21,23,24)/b19-10-. The molecule has 0 spiro atoms. The lowest BCUT2D eigenvalue weighted by molar-refractivity contribution is 0.415. The molecule has 0 saturated carbocycles. The molecule has 25 heavy (non-hydrogen) atoms. The summed E-state index contributed by atoms with van der Waals surface area (Å²) >= 11 is 0. The smallest absolute Gasteiger partial charge is 0.265 e. The molecule has 2 N–H and O–H groups in total. The number of ether oxygens (including phenoxy) is 1. The van der Waals surface area contributed by atoms with Crippen LogP contribution in [0.4, 0.5) is 5.95 Å². The molecule has 4 rings (SSSR count). The van der Waals surface area contributed by atoms with E-state index in [0.29, 0.717) is 11.6 Å². The van der Waals surface area contributed by atoms with Gasteiger partial charge in [0, 0.05) is 5.39 Å². The van der Waals surface area contributed by atoms with Crippen molar-refractivity contribution in [2.75, 3.05) is 12.5 Å². The van der Waals surface area contributed by atoms with Gasteiger partial charge < -0.3 is 9.72 Å². The molecule has 0 fully saturated rings. The molecule has 0 aliphatic rings. The van der Waals surface area contributed by atoms with Gasteiger partial charge in [-0.15, -0.1) is 10.2 Å². The fourth-order valence-corrected chi connectivity index (χ4v) is 2.65. The molecule has 4 aromatic rings. The van der Waals surface area contributed by atoms with Gasteiger partial charge in [0.05, 0.1) is 18.8 Å². The van der Waals surface area contributed by atoms with Gasteiger partial charge in [-0.2, -0.15) is 10.1 Å². The molecule has 0 saturated heterocycles. The molecule has 0 atom stereocenters. The summed E-state index contributed by atoms with van der Waals surface area (Å²) in [7, 11) is 1.64. The predicted molar refractivity (Wildman–Crippen MR) is 98.1 cm³/mol. The fraction of sp³-hybridized carbons (Fsp3) is 0.111. The van der Waals surface area contributed by atoms with Crippen LogP contribution in [-0.2, 0) is 0 Å². The average molecular weight is 332 g/mol. The molecule has 0 aliphatic carbocycles. The van der Waals surface area contributed by atoms with Gasteiger partial charge in [-0.25, -0.2) is 5.43 Å². The quantitative estimate of drug-likeness (QED) is 0.442. The Morgan fingerprint density at radius 2 is 1.96 bits per heavy atom. The number of methoxy groups -OCH3 is 1. The first-order valence-corrected chi connectivity index (χ1v) is 7.79. The minimum Gasteiger partial charge on any atom is -0.497 e. The maximum Gasteiger partial charge on any atom is 0.265 e. The summed E-state index contributed by atoms with van der Waals surface area (Å²) in [6.45, 7) is 2.05. The number of aromatic amines is 1. The van der Waals surface area contributed by atoms with Crippen molar-refractivity contribution in [1.29, 1.82) is 0 Å². The number of anilines is 1. The molecule has 2 aromatic heterocycles. The Kier molecular flexibility index (Phi) is 3.74. The highest BCUT2D eigenvalue weighted by molar-refractivity contribution is 6.04. The van der Waals surface area contributed by atoms with Crippen molar-refractivity contribution in [3.8, 4) is 5.75 Å². The number of rotatable bonds is 4. The van der Waals surface area contributed by atoms with Crippen molar-refractivity contribution in [2.45, 2.75) is 6.92 Å². The molecule has 0 radical (unpaired) electrons. The summed E-state index contributed by atoms with van der Waals surface area (Å²) in [6, 6.07) is 13.6. The third-order valence-corrected chi connectivity index (χ3v) is 3.95. The number of hydrogen-bond acceptors (Lipinski definition) is 6. The molecule has 2 heterocycles. The summed E-state index contributed by atoms with van der Waals surface area (Å²) < 4.78 is 5.13. The van der Waals surface area contributed by atoms with Gasteiger partial charge in [0.25, 0.3) is 5.95 Å². The SMILES string of the molecule is COc1ccc(/C=N\Nc2nnc3c(n2)[nH]c2c(C)cccc23)cc1. The number of fused-ring (bicyclic) bond motifs is 3. The van der Waals surface area contributed by atoms with E-state index < -0.39 is 0 Å². The van der Waals surface area contributed by atoms with Crippen molar-refractivity contribution in [3.63, 3.8) is 0 Å². The number of aryl methyl sites for hydroxylation is 1. The topological polar surface area (TPSA) is 88.1 Å². The van der Waals surface area contributed by atoms with E-state index in [1.807, 2.05) is 49.4 Å². The first kappa shape index (κ1) is 15.1.